The Morgan fingerprint density at radius 1 is 1.12 bits per heavy atom. The number of para-hydroxylation sites is 1. The summed E-state index contributed by atoms with van der Waals surface area (Å²) in [6.07, 6.45) is 1.45. The highest BCUT2D eigenvalue weighted by Gasteiger charge is 2.15. The minimum atomic E-state index is -0.525. The van der Waals surface area contributed by atoms with Crippen molar-refractivity contribution >= 4 is 17.6 Å². The van der Waals surface area contributed by atoms with Gasteiger partial charge in [0.05, 0.1) is 30.3 Å². The molecule has 0 aliphatic heterocycles. The smallest absolute Gasteiger partial charge is 0.337 e. The Labute approximate surface area is 149 Å². The van der Waals surface area contributed by atoms with Gasteiger partial charge in [0.2, 0.25) is 0 Å². The van der Waals surface area contributed by atoms with Gasteiger partial charge in [-0.25, -0.2) is 13.9 Å². The van der Waals surface area contributed by atoms with Crippen molar-refractivity contribution in [1.29, 1.82) is 0 Å². The molecule has 0 unspecified atom stereocenters. The van der Waals surface area contributed by atoms with E-state index in [2.05, 4.69) is 15.2 Å². The van der Waals surface area contributed by atoms with Crippen molar-refractivity contribution in [3.8, 4) is 5.69 Å². The van der Waals surface area contributed by atoms with E-state index in [0.29, 0.717) is 16.9 Å². The van der Waals surface area contributed by atoms with Gasteiger partial charge in [0.25, 0.3) is 5.91 Å². The molecule has 3 rings (SSSR count). The molecule has 1 amide bonds. The molecular formula is C19H16FN3O3. The first kappa shape index (κ1) is 17.3. The van der Waals surface area contributed by atoms with Crippen LogP contribution in [-0.2, 0) is 4.74 Å². The third kappa shape index (κ3) is 3.32. The van der Waals surface area contributed by atoms with Crippen LogP contribution < -0.4 is 5.32 Å². The molecular weight excluding hydrogens is 337 g/mol. The fourth-order valence-corrected chi connectivity index (χ4v) is 2.50. The molecule has 0 atom stereocenters. The number of amides is 1. The van der Waals surface area contributed by atoms with Crippen LogP contribution in [0.3, 0.4) is 0 Å². The third-order valence-corrected chi connectivity index (χ3v) is 3.88. The molecule has 0 aliphatic rings. The maximum atomic E-state index is 14.0. The number of aromatic nitrogens is 2. The standard InChI is InChI=1S/C19H16FN3O3/c1-12-16(11-21-23(12)17-9-4-3-8-15(17)20)22-18(24)13-6-5-7-14(10-13)19(25)26-2/h3-11H,1-2H3,(H,22,24). The van der Waals surface area contributed by atoms with Crippen molar-refractivity contribution in [2.24, 2.45) is 0 Å². The summed E-state index contributed by atoms with van der Waals surface area (Å²) >= 11 is 0. The molecule has 0 fully saturated rings. The lowest BCUT2D eigenvalue weighted by Crippen LogP contribution is -2.14. The predicted molar refractivity (Wildman–Crippen MR) is 94.0 cm³/mol. The molecule has 0 spiro atoms. The fraction of sp³-hybridized carbons (Fsp3) is 0.105. The van der Waals surface area contributed by atoms with E-state index in [0.717, 1.165) is 0 Å². The van der Waals surface area contributed by atoms with E-state index in [9.17, 15) is 14.0 Å². The number of anilines is 1. The minimum Gasteiger partial charge on any atom is -0.465 e. The lowest BCUT2D eigenvalue weighted by atomic mass is 10.1. The molecule has 0 saturated heterocycles. The molecule has 6 nitrogen and oxygen atoms in total. The van der Waals surface area contributed by atoms with Crippen LogP contribution in [-0.4, -0.2) is 28.8 Å². The first-order valence-corrected chi connectivity index (χ1v) is 7.80. The van der Waals surface area contributed by atoms with Gasteiger partial charge < -0.3 is 10.1 Å². The number of benzene rings is 2. The highest BCUT2D eigenvalue weighted by molar-refractivity contribution is 6.05. The van der Waals surface area contributed by atoms with Crippen molar-refractivity contribution in [2.45, 2.75) is 6.92 Å². The number of ether oxygens (including phenoxy) is 1. The number of nitrogens with zero attached hydrogens (tertiary/aromatic N) is 2. The van der Waals surface area contributed by atoms with Crippen molar-refractivity contribution in [2.75, 3.05) is 12.4 Å². The molecule has 1 heterocycles. The van der Waals surface area contributed by atoms with Gasteiger partial charge in [-0.2, -0.15) is 5.10 Å². The number of halogens is 1. The SMILES string of the molecule is COC(=O)c1cccc(C(=O)Nc2cnn(-c3ccccc3F)c2C)c1. The molecule has 0 bridgehead atoms. The quantitative estimate of drug-likeness (QED) is 0.730. The molecule has 7 heteroatoms. The Kier molecular flexibility index (Phi) is 4.79. The van der Waals surface area contributed by atoms with Crippen LogP contribution in [0, 0.1) is 12.7 Å². The van der Waals surface area contributed by atoms with E-state index in [1.54, 1.807) is 43.3 Å². The summed E-state index contributed by atoms with van der Waals surface area (Å²) in [7, 11) is 1.27. The summed E-state index contributed by atoms with van der Waals surface area (Å²) in [5.41, 5.74) is 1.89. The lowest BCUT2D eigenvalue weighted by molar-refractivity contribution is 0.0600. The van der Waals surface area contributed by atoms with Gasteiger partial charge in [-0.3, -0.25) is 4.79 Å². The second-order valence-corrected chi connectivity index (χ2v) is 5.53. The van der Waals surface area contributed by atoms with Crippen LogP contribution in [0.2, 0.25) is 0 Å². The predicted octanol–water partition coefficient (Wildman–Crippen LogP) is 3.36. The molecule has 2 aromatic carbocycles. The summed E-state index contributed by atoms with van der Waals surface area (Å²) < 4.78 is 20.0. The number of esters is 1. The van der Waals surface area contributed by atoms with Crippen LogP contribution in [0.1, 0.15) is 26.4 Å². The van der Waals surface area contributed by atoms with E-state index in [4.69, 9.17) is 0 Å². The number of hydrogen-bond donors (Lipinski definition) is 1. The fourth-order valence-electron chi connectivity index (χ4n) is 2.50. The number of methoxy groups -OCH3 is 1. The number of nitrogens with one attached hydrogen (secondary N) is 1. The van der Waals surface area contributed by atoms with Crippen molar-refractivity contribution in [3.63, 3.8) is 0 Å². The van der Waals surface area contributed by atoms with E-state index in [1.165, 1.54) is 30.1 Å². The Hall–Kier alpha value is -3.48. The molecule has 3 aromatic rings. The monoisotopic (exact) mass is 353 g/mol. The zero-order chi connectivity index (χ0) is 18.7. The first-order valence-electron chi connectivity index (χ1n) is 7.80. The Balaban J connectivity index is 1.85. The van der Waals surface area contributed by atoms with E-state index < -0.39 is 17.7 Å². The normalized spacial score (nSPS) is 10.4. The highest BCUT2D eigenvalue weighted by Crippen LogP contribution is 2.21. The van der Waals surface area contributed by atoms with Crippen molar-refractivity contribution in [1.82, 2.24) is 9.78 Å². The van der Waals surface area contributed by atoms with Crippen molar-refractivity contribution in [3.05, 3.63) is 77.4 Å². The molecule has 0 aliphatic carbocycles. The minimum absolute atomic E-state index is 0.277. The van der Waals surface area contributed by atoms with Crippen molar-refractivity contribution < 1.29 is 18.7 Å². The summed E-state index contributed by atoms with van der Waals surface area (Å²) in [6.45, 7) is 1.72. The topological polar surface area (TPSA) is 73.2 Å². The van der Waals surface area contributed by atoms with Crippen LogP contribution in [0.15, 0.2) is 54.7 Å². The Morgan fingerprint density at radius 3 is 2.58 bits per heavy atom. The van der Waals surface area contributed by atoms with E-state index in [1.807, 2.05) is 0 Å². The van der Waals surface area contributed by atoms with Gasteiger partial charge in [-0.15, -0.1) is 0 Å². The molecule has 0 saturated carbocycles. The number of carbonyl (C=O) groups is 2. The zero-order valence-corrected chi connectivity index (χ0v) is 14.2. The first-order chi connectivity index (χ1) is 12.5. The largest absolute Gasteiger partial charge is 0.465 e. The summed E-state index contributed by atoms with van der Waals surface area (Å²) in [5, 5.41) is 6.86. The average Bonchev–Trinajstić information content (AvgIpc) is 3.02. The third-order valence-electron chi connectivity index (χ3n) is 3.88. The van der Waals surface area contributed by atoms with Crippen LogP contribution in [0.4, 0.5) is 10.1 Å². The number of hydrogen-bond acceptors (Lipinski definition) is 4. The summed E-state index contributed by atoms with van der Waals surface area (Å²) in [4.78, 5) is 24.1. The molecule has 1 aromatic heterocycles. The van der Waals surface area contributed by atoms with E-state index >= 15 is 0 Å². The van der Waals surface area contributed by atoms with Gasteiger partial charge in [-0.1, -0.05) is 18.2 Å². The van der Waals surface area contributed by atoms with Gasteiger partial charge >= 0.3 is 5.97 Å². The maximum absolute atomic E-state index is 14.0. The van der Waals surface area contributed by atoms with E-state index in [-0.39, 0.29) is 11.3 Å². The Bertz CT molecular complexity index is 982. The maximum Gasteiger partial charge on any atom is 0.337 e. The van der Waals surface area contributed by atoms with Crippen LogP contribution in [0.5, 0.6) is 0 Å². The zero-order valence-electron chi connectivity index (χ0n) is 14.2. The van der Waals surface area contributed by atoms with Gasteiger partial charge in [0.1, 0.15) is 11.5 Å². The molecule has 132 valence electrons. The van der Waals surface area contributed by atoms with Crippen LogP contribution in [0.25, 0.3) is 5.69 Å². The highest BCUT2D eigenvalue weighted by atomic mass is 19.1. The van der Waals surface area contributed by atoms with Crippen LogP contribution >= 0.6 is 0 Å². The number of rotatable bonds is 4. The van der Waals surface area contributed by atoms with Gasteiger partial charge in [0.15, 0.2) is 0 Å². The van der Waals surface area contributed by atoms with Gasteiger partial charge in [0, 0.05) is 5.56 Å². The second-order valence-electron chi connectivity index (χ2n) is 5.53. The molecule has 1 N–H and O–H groups in total. The Morgan fingerprint density at radius 2 is 1.85 bits per heavy atom. The summed E-state index contributed by atoms with van der Waals surface area (Å²) in [6, 6.07) is 12.4. The molecule has 0 radical (unpaired) electrons. The lowest BCUT2D eigenvalue weighted by Gasteiger charge is -2.08. The van der Waals surface area contributed by atoms with Gasteiger partial charge in [-0.05, 0) is 37.3 Å². The number of carbonyl (C=O) groups excluding carboxylic acids is 2. The second kappa shape index (κ2) is 7.18. The average molecular weight is 353 g/mol. The summed E-state index contributed by atoms with van der Waals surface area (Å²) in [5.74, 6) is -1.35. The molecule has 26 heavy (non-hydrogen) atoms.